The Hall–Kier alpha value is -3.60. The highest BCUT2D eigenvalue weighted by Gasteiger charge is 2.16. The van der Waals surface area contributed by atoms with Crippen LogP contribution in [0.2, 0.25) is 0 Å². The third-order valence-electron chi connectivity index (χ3n) is 4.51. The van der Waals surface area contributed by atoms with Crippen LogP contribution in [-0.4, -0.2) is 49.1 Å². The third-order valence-corrected chi connectivity index (χ3v) is 5.23. The first-order chi connectivity index (χ1) is 14.6. The summed E-state index contributed by atoms with van der Waals surface area (Å²) in [7, 11) is 0. The SMILES string of the molecule is CCSc1nc2ncc3c(=O)n(NC(=O)c4ccc5c(c4)OCCO5)ccc3n2n1. The normalized spacial score (nSPS) is 13.0. The van der Waals surface area contributed by atoms with Crippen LogP contribution >= 0.6 is 11.8 Å². The highest BCUT2D eigenvalue weighted by atomic mass is 32.2. The largest absolute Gasteiger partial charge is 0.486 e. The number of aromatic nitrogens is 5. The number of hydrogen-bond donors (Lipinski definition) is 1. The maximum atomic E-state index is 12.9. The quantitative estimate of drug-likeness (QED) is 0.493. The molecule has 30 heavy (non-hydrogen) atoms. The van der Waals surface area contributed by atoms with Crippen LogP contribution < -0.4 is 20.5 Å². The molecule has 5 rings (SSSR count). The molecule has 0 aliphatic carbocycles. The summed E-state index contributed by atoms with van der Waals surface area (Å²) in [4.78, 5) is 34.1. The number of rotatable bonds is 4. The van der Waals surface area contributed by atoms with Crippen LogP contribution in [0.3, 0.4) is 0 Å². The summed E-state index contributed by atoms with van der Waals surface area (Å²) in [5.74, 6) is 1.87. The van der Waals surface area contributed by atoms with E-state index >= 15 is 0 Å². The second kappa shape index (κ2) is 7.34. The van der Waals surface area contributed by atoms with Crippen molar-refractivity contribution < 1.29 is 14.3 Å². The van der Waals surface area contributed by atoms with Gasteiger partial charge in [-0.05, 0) is 30.0 Å². The summed E-state index contributed by atoms with van der Waals surface area (Å²) in [5.41, 5.74) is 3.07. The van der Waals surface area contributed by atoms with Crippen molar-refractivity contribution in [2.45, 2.75) is 12.1 Å². The molecule has 0 saturated carbocycles. The molecule has 0 fully saturated rings. The number of benzene rings is 1. The lowest BCUT2D eigenvalue weighted by atomic mass is 10.2. The molecule has 1 aromatic carbocycles. The molecule has 0 bridgehead atoms. The van der Waals surface area contributed by atoms with E-state index in [4.69, 9.17) is 9.47 Å². The van der Waals surface area contributed by atoms with Crippen molar-refractivity contribution in [2.24, 2.45) is 0 Å². The minimum atomic E-state index is -0.454. The summed E-state index contributed by atoms with van der Waals surface area (Å²) in [6, 6.07) is 6.56. The second-order valence-electron chi connectivity index (χ2n) is 6.39. The monoisotopic (exact) mass is 424 g/mol. The molecule has 1 N–H and O–H groups in total. The van der Waals surface area contributed by atoms with Gasteiger partial charge in [0.1, 0.15) is 13.2 Å². The Morgan fingerprint density at radius 3 is 2.90 bits per heavy atom. The molecule has 0 saturated heterocycles. The molecule has 11 heteroatoms. The van der Waals surface area contributed by atoms with Gasteiger partial charge in [0.25, 0.3) is 17.2 Å². The van der Waals surface area contributed by atoms with E-state index in [2.05, 4.69) is 20.5 Å². The molecule has 0 radical (unpaired) electrons. The molecule has 4 aromatic rings. The van der Waals surface area contributed by atoms with Crippen LogP contribution in [0.4, 0.5) is 0 Å². The smallest absolute Gasteiger partial charge is 0.280 e. The minimum Gasteiger partial charge on any atom is -0.486 e. The zero-order chi connectivity index (χ0) is 20.7. The second-order valence-corrected chi connectivity index (χ2v) is 7.62. The standard InChI is InChI=1S/C19H16N6O4S/c1-2-30-19-21-18-20-10-12-13(25(18)23-19)5-6-24(17(12)27)22-16(26)11-3-4-14-15(9-11)29-8-7-28-14/h3-6,9-10H,2,7-8H2,1H3,(H,22,26). The highest BCUT2D eigenvalue weighted by molar-refractivity contribution is 7.99. The maximum Gasteiger partial charge on any atom is 0.280 e. The first kappa shape index (κ1) is 18.4. The zero-order valence-electron chi connectivity index (χ0n) is 15.9. The van der Waals surface area contributed by atoms with E-state index < -0.39 is 11.5 Å². The lowest BCUT2D eigenvalue weighted by Crippen LogP contribution is -2.33. The predicted octanol–water partition coefficient (Wildman–Crippen LogP) is 1.71. The molecule has 1 aliphatic rings. The molecule has 1 amide bonds. The van der Waals surface area contributed by atoms with Gasteiger partial charge in [0.2, 0.25) is 5.16 Å². The van der Waals surface area contributed by atoms with Crippen molar-refractivity contribution >= 4 is 34.3 Å². The first-order valence-electron chi connectivity index (χ1n) is 9.25. The van der Waals surface area contributed by atoms with E-state index in [0.29, 0.717) is 52.1 Å². The topological polar surface area (TPSA) is 113 Å². The fourth-order valence-corrected chi connectivity index (χ4v) is 3.68. The predicted molar refractivity (Wildman–Crippen MR) is 110 cm³/mol. The number of nitrogens with one attached hydrogen (secondary N) is 1. The van der Waals surface area contributed by atoms with Gasteiger partial charge in [0.15, 0.2) is 11.5 Å². The highest BCUT2D eigenvalue weighted by Crippen LogP contribution is 2.30. The van der Waals surface area contributed by atoms with Crippen molar-refractivity contribution in [1.29, 1.82) is 0 Å². The number of carbonyl (C=O) groups excluding carboxylic acids is 1. The molecule has 10 nitrogen and oxygen atoms in total. The number of carbonyl (C=O) groups is 1. The van der Waals surface area contributed by atoms with Gasteiger partial charge >= 0.3 is 0 Å². The van der Waals surface area contributed by atoms with Crippen molar-refractivity contribution in [3.05, 3.63) is 52.6 Å². The van der Waals surface area contributed by atoms with Gasteiger partial charge in [0.05, 0.1) is 10.9 Å². The third kappa shape index (κ3) is 3.12. The Labute approximate surface area is 173 Å². The summed E-state index contributed by atoms with van der Waals surface area (Å²) in [6.07, 6.45) is 2.92. The fraction of sp³-hybridized carbons (Fsp3) is 0.211. The fourth-order valence-electron chi connectivity index (χ4n) is 3.14. The minimum absolute atomic E-state index is 0.311. The van der Waals surface area contributed by atoms with Crippen LogP contribution in [0.15, 0.2) is 46.6 Å². The first-order valence-corrected chi connectivity index (χ1v) is 10.2. The van der Waals surface area contributed by atoms with Crippen LogP contribution in [0, 0.1) is 0 Å². The zero-order valence-corrected chi connectivity index (χ0v) is 16.7. The lowest BCUT2D eigenvalue weighted by Gasteiger charge is -2.18. The molecule has 1 aliphatic heterocycles. The van der Waals surface area contributed by atoms with Crippen LogP contribution in [0.5, 0.6) is 11.5 Å². The summed E-state index contributed by atoms with van der Waals surface area (Å²) >= 11 is 1.49. The van der Waals surface area contributed by atoms with Crippen molar-refractivity contribution in [1.82, 2.24) is 24.3 Å². The van der Waals surface area contributed by atoms with E-state index in [1.807, 2.05) is 6.92 Å². The Morgan fingerprint density at radius 1 is 1.23 bits per heavy atom. The Balaban J connectivity index is 1.48. The van der Waals surface area contributed by atoms with Gasteiger partial charge in [-0.1, -0.05) is 18.7 Å². The summed E-state index contributed by atoms with van der Waals surface area (Å²) in [6.45, 7) is 2.89. The number of nitrogens with zero attached hydrogens (tertiary/aromatic N) is 5. The number of ether oxygens (including phenoxy) is 2. The van der Waals surface area contributed by atoms with Crippen molar-refractivity contribution in [3.8, 4) is 11.5 Å². The Kier molecular flexibility index (Phi) is 4.51. The van der Waals surface area contributed by atoms with E-state index in [1.165, 1.54) is 28.7 Å². The van der Waals surface area contributed by atoms with E-state index in [9.17, 15) is 9.59 Å². The van der Waals surface area contributed by atoms with E-state index in [1.54, 1.807) is 24.3 Å². The van der Waals surface area contributed by atoms with Gasteiger partial charge < -0.3 is 9.47 Å². The van der Waals surface area contributed by atoms with Crippen molar-refractivity contribution in [2.75, 3.05) is 24.4 Å². The van der Waals surface area contributed by atoms with Gasteiger partial charge in [-0.3, -0.25) is 15.0 Å². The molecule has 152 valence electrons. The molecule has 3 aromatic heterocycles. The molecule has 4 heterocycles. The van der Waals surface area contributed by atoms with Crippen LogP contribution in [-0.2, 0) is 0 Å². The van der Waals surface area contributed by atoms with Gasteiger partial charge in [-0.2, -0.15) is 9.50 Å². The average Bonchev–Trinajstić information content (AvgIpc) is 3.18. The molecule has 0 spiro atoms. The van der Waals surface area contributed by atoms with Crippen LogP contribution in [0.1, 0.15) is 17.3 Å². The summed E-state index contributed by atoms with van der Waals surface area (Å²) < 4.78 is 13.6. The number of hydrogen-bond acceptors (Lipinski definition) is 8. The lowest BCUT2D eigenvalue weighted by molar-refractivity contribution is 0.101. The number of amides is 1. The summed E-state index contributed by atoms with van der Waals surface area (Å²) in [5, 5.41) is 5.30. The van der Waals surface area contributed by atoms with Gasteiger partial charge in [-0.15, -0.1) is 5.10 Å². The molecule has 0 unspecified atom stereocenters. The van der Waals surface area contributed by atoms with E-state index in [0.717, 1.165) is 10.4 Å². The number of fused-ring (bicyclic) bond motifs is 4. The maximum absolute atomic E-state index is 12.9. The molecular weight excluding hydrogens is 408 g/mol. The number of pyridine rings is 1. The van der Waals surface area contributed by atoms with Gasteiger partial charge in [0, 0.05) is 18.0 Å². The van der Waals surface area contributed by atoms with E-state index in [-0.39, 0.29) is 0 Å². The Morgan fingerprint density at radius 2 is 2.07 bits per heavy atom. The average molecular weight is 424 g/mol. The van der Waals surface area contributed by atoms with Gasteiger partial charge in [-0.25, -0.2) is 9.66 Å². The number of thioether (sulfide) groups is 1. The molecular formula is C19H16N6O4S. The van der Waals surface area contributed by atoms with Crippen molar-refractivity contribution in [3.63, 3.8) is 0 Å². The Bertz CT molecular complexity index is 1350. The van der Waals surface area contributed by atoms with Crippen LogP contribution in [0.25, 0.3) is 16.7 Å². The molecule has 0 atom stereocenters.